The van der Waals surface area contributed by atoms with Gasteiger partial charge in [-0.1, -0.05) is 41.5 Å². The van der Waals surface area contributed by atoms with Crippen LogP contribution in [0.2, 0.25) is 0 Å². The number of aryl methyl sites for hydroxylation is 2. The summed E-state index contributed by atoms with van der Waals surface area (Å²) in [6.45, 7) is 3.98. The molecule has 0 N–H and O–H groups in total. The van der Waals surface area contributed by atoms with Gasteiger partial charge in [0.1, 0.15) is 0 Å². The fraction of sp³-hybridized carbons (Fsp3) is 0.120. The molecule has 0 atom stereocenters. The van der Waals surface area contributed by atoms with Crippen molar-refractivity contribution in [2.75, 3.05) is 12.0 Å². The normalized spacial score (nSPS) is 16.0. The van der Waals surface area contributed by atoms with Crippen LogP contribution in [0.4, 0.5) is 17.1 Å². The predicted octanol–water partition coefficient (Wildman–Crippen LogP) is 6.03. The van der Waals surface area contributed by atoms with Crippen LogP contribution in [0.3, 0.4) is 0 Å². The number of nitro groups is 1. The lowest BCUT2D eigenvalue weighted by atomic mass is 10.1. The highest BCUT2D eigenvalue weighted by molar-refractivity contribution is 8.19. The molecular formula is C25H21N3O4S. The van der Waals surface area contributed by atoms with Crippen molar-refractivity contribution in [1.82, 2.24) is 0 Å². The lowest BCUT2D eigenvalue weighted by Crippen LogP contribution is -2.28. The van der Waals surface area contributed by atoms with Crippen LogP contribution >= 0.6 is 11.8 Å². The smallest absolute Gasteiger partial charge is 0.311 e. The molecule has 3 aromatic carbocycles. The first-order chi connectivity index (χ1) is 15.9. The maximum atomic E-state index is 13.4. The molecule has 1 heterocycles. The van der Waals surface area contributed by atoms with Gasteiger partial charge in [0.25, 0.3) is 5.91 Å². The molecule has 8 heteroatoms. The summed E-state index contributed by atoms with van der Waals surface area (Å²) < 4.78 is 5.07. The molecule has 0 unspecified atom stereocenters. The van der Waals surface area contributed by atoms with Gasteiger partial charge in [0.2, 0.25) is 0 Å². The fourth-order valence-corrected chi connectivity index (χ4v) is 4.29. The Bertz CT molecular complexity index is 1280. The molecule has 1 aliphatic rings. The van der Waals surface area contributed by atoms with Crippen LogP contribution in [0, 0.1) is 24.0 Å². The number of benzene rings is 3. The van der Waals surface area contributed by atoms with Crippen LogP contribution in [-0.2, 0) is 4.79 Å². The number of nitro benzene ring substituents is 1. The number of carbonyl (C=O) groups excluding carboxylic acids is 1. The van der Waals surface area contributed by atoms with Gasteiger partial charge in [-0.25, -0.2) is 4.99 Å². The molecule has 1 amide bonds. The van der Waals surface area contributed by atoms with E-state index in [-0.39, 0.29) is 17.3 Å². The molecule has 4 rings (SSSR count). The minimum absolute atomic E-state index is 0.161. The summed E-state index contributed by atoms with van der Waals surface area (Å²) in [6.07, 6.45) is 1.64. The fourth-order valence-electron chi connectivity index (χ4n) is 3.29. The monoisotopic (exact) mass is 459 g/mol. The number of rotatable bonds is 5. The van der Waals surface area contributed by atoms with E-state index in [0.717, 1.165) is 16.8 Å². The average Bonchev–Trinajstić information content (AvgIpc) is 3.10. The van der Waals surface area contributed by atoms with Crippen molar-refractivity contribution in [2.45, 2.75) is 13.8 Å². The minimum atomic E-state index is -0.507. The summed E-state index contributed by atoms with van der Waals surface area (Å²) in [7, 11) is 1.38. The third-order valence-corrected chi connectivity index (χ3v) is 6.02. The highest BCUT2D eigenvalue weighted by Crippen LogP contribution is 2.38. The minimum Gasteiger partial charge on any atom is -0.490 e. The van der Waals surface area contributed by atoms with Gasteiger partial charge in [0.05, 0.1) is 28.3 Å². The van der Waals surface area contributed by atoms with Crippen LogP contribution in [0.1, 0.15) is 16.7 Å². The van der Waals surface area contributed by atoms with Crippen molar-refractivity contribution in [3.05, 3.63) is 98.4 Å². The number of anilines is 1. The second kappa shape index (κ2) is 9.30. The lowest BCUT2D eigenvalue weighted by Gasteiger charge is -2.16. The summed E-state index contributed by atoms with van der Waals surface area (Å²) >= 11 is 1.23. The maximum absolute atomic E-state index is 13.4. The molecule has 0 radical (unpaired) electrons. The topological polar surface area (TPSA) is 85.0 Å². The Morgan fingerprint density at radius 3 is 2.24 bits per heavy atom. The van der Waals surface area contributed by atoms with Gasteiger partial charge in [-0.3, -0.25) is 19.8 Å². The van der Waals surface area contributed by atoms with Crippen molar-refractivity contribution in [3.8, 4) is 5.75 Å². The SMILES string of the molecule is COc1ccc(/C=C2/SC(=Nc3ccc(C)cc3)N(c3ccc(C)cc3)C2=O)cc1[N+](=O)[O-]. The van der Waals surface area contributed by atoms with E-state index < -0.39 is 4.92 Å². The van der Waals surface area contributed by atoms with E-state index >= 15 is 0 Å². The number of nitrogens with zero attached hydrogens (tertiary/aromatic N) is 3. The average molecular weight is 460 g/mol. The zero-order chi connectivity index (χ0) is 23.5. The Kier molecular flexibility index (Phi) is 6.28. The number of hydrogen-bond donors (Lipinski definition) is 0. The molecule has 33 heavy (non-hydrogen) atoms. The molecule has 7 nitrogen and oxygen atoms in total. The molecule has 0 saturated carbocycles. The third-order valence-electron chi connectivity index (χ3n) is 5.05. The van der Waals surface area contributed by atoms with Gasteiger partial charge in [0, 0.05) is 6.07 Å². The Labute approximate surface area is 195 Å². The van der Waals surface area contributed by atoms with E-state index in [9.17, 15) is 14.9 Å². The summed E-state index contributed by atoms with van der Waals surface area (Å²) in [6, 6.07) is 19.9. The van der Waals surface area contributed by atoms with E-state index in [2.05, 4.69) is 0 Å². The number of thioether (sulfide) groups is 1. The summed E-state index contributed by atoms with van der Waals surface area (Å²) in [5, 5.41) is 11.9. The first-order valence-electron chi connectivity index (χ1n) is 10.1. The molecular weight excluding hydrogens is 438 g/mol. The van der Waals surface area contributed by atoms with Gasteiger partial charge in [-0.15, -0.1) is 0 Å². The zero-order valence-electron chi connectivity index (χ0n) is 18.3. The number of carbonyl (C=O) groups is 1. The van der Waals surface area contributed by atoms with E-state index in [1.165, 1.54) is 31.0 Å². The number of amidine groups is 1. The van der Waals surface area contributed by atoms with Crippen molar-refractivity contribution in [3.63, 3.8) is 0 Å². The van der Waals surface area contributed by atoms with E-state index in [1.807, 2.05) is 62.4 Å². The van der Waals surface area contributed by atoms with E-state index in [1.54, 1.807) is 17.0 Å². The summed E-state index contributed by atoms with van der Waals surface area (Å²) in [5.74, 6) is -0.0800. The number of hydrogen-bond acceptors (Lipinski definition) is 6. The number of aliphatic imine (C=N–C) groups is 1. The number of amides is 1. The molecule has 1 aliphatic heterocycles. The van der Waals surface area contributed by atoms with Crippen LogP contribution in [0.5, 0.6) is 5.75 Å². The van der Waals surface area contributed by atoms with Crippen molar-refractivity contribution < 1.29 is 14.5 Å². The standard InChI is InChI=1S/C25H21N3O4S/c1-16-4-9-19(10-5-16)26-25-27(20-11-6-17(2)7-12-20)24(29)23(33-25)15-18-8-13-22(32-3)21(14-18)28(30)31/h4-15H,1-3H3/b23-15+,26-25?. The summed E-state index contributed by atoms with van der Waals surface area (Å²) in [4.78, 5) is 31.0. The highest BCUT2D eigenvalue weighted by atomic mass is 32.2. The van der Waals surface area contributed by atoms with E-state index in [0.29, 0.717) is 21.3 Å². The molecule has 3 aromatic rings. The van der Waals surface area contributed by atoms with Gasteiger partial charge in [0.15, 0.2) is 10.9 Å². The Morgan fingerprint density at radius 2 is 1.64 bits per heavy atom. The Morgan fingerprint density at radius 1 is 1.00 bits per heavy atom. The van der Waals surface area contributed by atoms with Crippen LogP contribution in [0.25, 0.3) is 6.08 Å². The van der Waals surface area contributed by atoms with Crippen molar-refractivity contribution in [2.24, 2.45) is 4.99 Å². The number of methoxy groups -OCH3 is 1. The van der Waals surface area contributed by atoms with Gasteiger partial charge in [-0.05, 0) is 67.6 Å². The third kappa shape index (κ3) is 4.80. The molecule has 166 valence electrons. The quantitative estimate of drug-likeness (QED) is 0.264. The van der Waals surface area contributed by atoms with Crippen molar-refractivity contribution in [1.29, 1.82) is 0 Å². The molecule has 1 fully saturated rings. The Balaban J connectivity index is 1.77. The largest absolute Gasteiger partial charge is 0.490 e. The zero-order valence-corrected chi connectivity index (χ0v) is 19.1. The molecule has 0 aliphatic carbocycles. The van der Waals surface area contributed by atoms with Gasteiger partial charge in [-0.2, -0.15) is 0 Å². The molecule has 0 spiro atoms. The van der Waals surface area contributed by atoms with Crippen LogP contribution < -0.4 is 9.64 Å². The molecule has 1 saturated heterocycles. The second-order valence-electron chi connectivity index (χ2n) is 7.51. The lowest BCUT2D eigenvalue weighted by molar-refractivity contribution is -0.385. The summed E-state index contributed by atoms with van der Waals surface area (Å²) in [5.41, 5.74) is 4.00. The molecule has 0 bridgehead atoms. The van der Waals surface area contributed by atoms with Gasteiger partial charge >= 0.3 is 5.69 Å². The van der Waals surface area contributed by atoms with Gasteiger partial charge < -0.3 is 4.74 Å². The van der Waals surface area contributed by atoms with Crippen molar-refractivity contribution >= 4 is 46.0 Å². The maximum Gasteiger partial charge on any atom is 0.311 e. The van der Waals surface area contributed by atoms with E-state index in [4.69, 9.17) is 9.73 Å². The number of ether oxygens (including phenoxy) is 1. The predicted molar refractivity (Wildman–Crippen MR) is 132 cm³/mol. The Hall–Kier alpha value is -3.91. The van der Waals surface area contributed by atoms with Crippen LogP contribution in [-0.4, -0.2) is 23.1 Å². The molecule has 0 aromatic heterocycles. The first kappa shape index (κ1) is 22.3. The van der Waals surface area contributed by atoms with Crippen LogP contribution in [0.15, 0.2) is 76.6 Å². The highest BCUT2D eigenvalue weighted by Gasteiger charge is 2.35. The second-order valence-corrected chi connectivity index (χ2v) is 8.51. The first-order valence-corrected chi connectivity index (χ1v) is 11.0.